The van der Waals surface area contributed by atoms with Gasteiger partial charge in [0.05, 0.1) is 0 Å². The molecule has 1 saturated carbocycles. The van der Waals surface area contributed by atoms with E-state index in [1.54, 1.807) is 6.07 Å². The predicted octanol–water partition coefficient (Wildman–Crippen LogP) is 5.84. The van der Waals surface area contributed by atoms with Gasteiger partial charge in [0.1, 0.15) is 5.82 Å². The smallest absolute Gasteiger partial charge is 0.227 e. The van der Waals surface area contributed by atoms with Crippen molar-refractivity contribution >= 4 is 0 Å². The van der Waals surface area contributed by atoms with Gasteiger partial charge in [-0.05, 0) is 81.8 Å². The Labute approximate surface area is 178 Å². The number of halogens is 1. The zero-order valence-corrected chi connectivity index (χ0v) is 18.0. The van der Waals surface area contributed by atoms with E-state index in [0.29, 0.717) is 17.7 Å². The number of aryl methyl sites for hydroxylation is 1. The van der Waals surface area contributed by atoms with E-state index in [4.69, 9.17) is 4.52 Å². The molecular formula is C25H30FN3O. The van der Waals surface area contributed by atoms with Gasteiger partial charge in [0.15, 0.2) is 0 Å². The Kier molecular flexibility index (Phi) is 6.28. The van der Waals surface area contributed by atoms with E-state index in [1.165, 1.54) is 6.07 Å². The first-order chi connectivity index (χ1) is 14.5. The third kappa shape index (κ3) is 4.62. The van der Waals surface area contributed by atoms with Crippen LogP contribution in [-0.4, -0.2) is 29.1 Å². The highest BCUT2D eigenvalue weighted by molar-refractivity contribution is 5.58. The zero-order chi connectivity index (χ0) is 21.1. The molecule has 4 rings (SSSR count). The molecule has 0 amide bonds. The summed E-state index contributed by atoms with van der Waals surface area (Å²) < 4.78 is 19.3. The summed E-state index contributed by atoms with van der Waals surface area (Å²) in [5.74, 6) is 2.33. The van der Waals surface area contributed by atoms with Crippen molar-refractivity contribution in [2.75, 3.05) is 14.1 Å². The van der Waals surface area contributed by atoms with Crippen LogP contribution in [0.25, 0.3) is 11.4 Å². The maximum atomic E-state index is 13.8. The van der Waals surface area contributed by atoms with Gasteiger partial charge in [0.25, 0.3) is 0 Å². The Hall–Kier alpha value is -2.53. The van der Waals surface area contributed by atoms with Crippen molar-refractivity contribution in [3.63, 3.8) is 0 Å². The summed E-state index contributed by atoms with van der Waals surface area (Å²) in [6.45, 7) is 2.06. The molecule has 4 nitrogen and oxygen atoms in total. The highest BCUT2D eigenvalue weighted by Crippen LogP contribution is 2.40. The Morgan fingerprint density at radius 2 is 1.83 bits per heavy atom. The molecule has 1 fully saturated rings. The second kappa shape index (κ2) is 9.09. The fraction of sp³-hybridized carbons (Fsp3) is 0.440. The lowest BCUT2D eigenvalue weighted by atomic mass is 9.75. The summed E-state index contributed by atoms with van der Waals surface area (Å²) in [6.07, 6.45) is 5.35. The highest BCUT2D eigenvalue weighted by Gasteiger charge is 2.31. The van der Waals surface area contributed by atoms with Gasteiger partial charge in [-0.3, -0.25) is 0 Å². The molecule has 1 heterocycles. The summed E-state index contributed by atoms with van der Waals surface area (Å²) in [7, 11) is 4.18. The molecular weight excluding hydrogens is 377 g/mol. The molecule has 1 unspecified atom stereocenters. The highest BCUT2D eigenvalue weighted by atomic mass is 19.1. The van der Waals surface area contributed by atoms with Crippen molar-refractivity contribution in [2.45, 2.75) is 45.1 Å². The topological polar surface area (TPSA) is 42.2 Å². The van der Waals surface area contributed by atoms with Gasteiger partial charge in [-0.2, -0.15) is 4.98 Å². The van der Waals surface area contributed by atoms with E-state index in [1.807, 2.05) is 30.3 Å². The van der Waals surface area contributed by atoms with Crippen LogP contribution in [0.2, 0.25) is 0 Å². The van der Waals surface area contributed by atoms with Crippen LogP contribution in [0, 0.1) is 24.6 Å². The van der Waals surface area contributed by atoms with Gasteiger partial charge in [0.2, 0.25) is 11.7 Å². The van der Waals surface area contributed by atoms with E-state index in [-0.39, 0.29) is 11.9 Å². The minimum atomic E-state index is -0.158. The third-order valence-corrected chi connectivity index (χ3v) is 6.40. The van der Waals surface area contributed by atoms with Crippen LogP contribution >= 0.6 is 0 Å². The average Bonchev–Trinajstić information content (AvgIpc) is 3.18. The first-order valence-electron chi connectivity index (χ1n) is 10.8. The SMILES string of the molecule is Cc1ccccc1-c1noc(CC2CCC(C(c3cccc(F)c3)N(C)C)CC2)n1. The molecule has 3 aromatic rings. The Bertz CT molecular complexity index is 976. The minimum absolute atomic E-state index is 0.158. The molecule has 0 spiro atoms. The summed E-state index contributed by atoms with van der Waals surface area (Å²) >= 11 is 0. The molecule has 0 saturated heterocycles. The van der Waals surface area contributed by atoms with Crippen LogP contribution in [0.3, 0.4) is 0 Å². The molecule has 0 N–H and O–H groups in total. The summed E-state index contributed by atoms with van der Waals surface area (Å²) in [5, 5.41) is 4.20. The van der Waals surface area contributed by atoms with Crippen molar-refractivity contribution in [2.24, 2.45) is 11.8 Å². The fourth-order valence-corrected chi connectivity index (χ4v) is 4.91. The van der Waals surface area contributed by atoms with Crippen LogP contribution in [0.1, 0.15) is 48.7 Å². The molecule has 158 valence electrons. The van der Waals surface area contributed by atoms with E-state index in [9.17, 15) is 4.39 Å². The maximum Gasteiger partial charge on any atom is 0.227 e. The van der Waals surface area contributed by atoms with Crippen molar-refractivity contribution < 1.29 is 8.91 Å². The standard InChI is InChI=1S/C25H30FN3O/c1-17-7-4-5-10-22(17)25-27-23(30-28-25)15-18-11-13-19(14-12-18)24(29(2)3)20-8-6-9-21(26)16-20/h4-10,16,18-19,24H,11-15H2,1-3H3. The molecule has 1 aromatic heterocycles. The maximum absolute atomic E-state index is 13.8. The summed E-state index contributed by atoms with van der Waals surface area (Å²) in [4.78, 5) is 6.88. The summed E-state index contributed by atoms with van der Waals surface area (Å²) in [5.41, 5.74) is 3.25. The van der Waals surface area contributed by atoms with Gasteiger partial charge in [-0.1, -0.05) is 41.6 Å². The lowest BCUT2D eigenvalue weighted by Gasteiger charge is -2.37. The number of aromatic nitrogens is 2. The number of nitrogens with zero attached hydrogens (tertiary/aromatic N) is 3. The Morgan fingerprint density at radius 3 is 2.53 bits per heavy atom. The Morgan fingerprint density at radius 1 is 1.07 bits per heavy atom. The van der Waals surface area contributed by atoms with E-state index < -0.39 is 0 Å². The van der Waals surface area contributed by atoms with E-state index >= 15 is 0 Å². The zero-order valence-electron chi connectivity index (χ0n) is 18.0. The number of benzene rings is 2. The van der Waals surface area contributed by atoms with Crippen LogP contribution < -0.4 is 0 Å². The molecule has 1 atom stereocenters. The average molecular weight is 408 g/mol. The van der Waals surface area contributed by atoms with Crippen molar-refractivity contribution in [3.8, 4) is 11.4 Å². The van der Waals surface area contributed by atoms with Crippen molar-refractivity contribution in [1.29, 1.82) is 0 Å². The minimum Gasteiger partial charge on any atom is -0.339 e. The third-order valence-electron chi connectivity index (χ3n) is 6.40. The molecule has 30 heavy (non-hydrogen) atoms. The lowest BCUT2D eigenvalue weighted by molar-refractivity contribution is 0.145. The van der Waals surface area contributed by atoms with Crippen molar-refractivity contribution in [1.82, 2.24) is 15.0 Å². The Balaban J connectivity index is 1.38. The van der Waals surface area contributed by atoms with Crippen LogP contribution in [0.5, 0.6) is 0 Å². The van der Waals surface area contributed by atoms with E-state index in [2.05, 4.69) is 42.1 Å². The van der Waals surface area contributed by atoms with Gasteiger partial charge >= 0.3 is 0 Å². The molecule has 0 aliphatic heterocycles. The normalized spacial score (nSPS) is 20.4. The molecule has 1 aliphatic carbocycles. The first-order valence-corrected chi connectivity index (χ1v) is 10.8. The van der Waals surface area contributed by atoms with Crippen LogP contribution in [-0.2, 0) is 6.42 Å². The fourth-order valence-electron chi connectivity index (χ4n) is 4.91. The predicted molar refractivity (Wildman–Crippen MR) is 116 cm³/mol. The van der Waals surface area contributed by atoms with Crippen LogP contribution in [0.4, 0.5) is 4.39 Å². The van der Waals surface area contributed by atoms with Crippen molar-refractivity contribution in [3.05, 3.63) is 71.4 Å². The monoisotopic (exact) mass is 407 g/mol. The van der Waals surface area contributed by atoms with Gasteiger partial charge in [0, 0.05) is 18.0 Å². The number of rotatable bonds is 6. The van der Waals surface area contributed by atoms with Gasteiger partial charge in [-0.25, -0.2) is 4.39 Å². The molecule has 0 bridgehead atoms. The quantitative estimate of drug-likeness (QED) is 0.515. The van der Waals surface area contributed by atoms with Gasteiger partial charge < -0.3 is 9.42 Å². The van der Waals surface area contributed by atoms with Crippen LogP contribution in [0.15, 0.2) is 53.1 Å². The second-order valence-electron chi connectivity index (χ2n) is 8.78. The lowest BCUT2D eigenvalue weighted by Crippen LogP contribution is -2.30. The molecule has 2 aromatic carbocycles. The largest absolute Gasteiger partial charge is 0.339 e. The molecule has 1 aliphatic rings. The molecule has 5 heteroatoms. The van der Waals surface area contributed by atoms with Gasteiger partial charge in [-0.15, -0.1) is 0 Å². The number of hydrogen-bond acceptors (Lipinski definition) is 4. The second-order valence-corrected chi connectivity index (χ2v) is 8.78. The first kappa shape index (κ1) is 20.7. The number of hydrogen-bond donors (Lipinski definition) is 0. The van der Waals surface area contributed by atoms with E-state index in [0.717, 1.165) is 54.7 Å². The summed E-state index contributed by atoms with van der Waals surface area (Å²) in [6, 6.07) is 15.4. The molecule has 0 radical (unpaired) electrons.